The van der Waals surface area contributed by atoms with Gasteiger partial charge in [0.2, 0.25) is 0 Å². The molecule has 0 saturated heterocycles. The standard InChI is InChI=1S/C28H26N2O4/c1-3-17-34-21-11-8-10-20(18-21)30-27(31)25(22-12-5-7-14-24(22)33-2)26(28(30)32)29-16-15-19-9-4-6-13-23(19)29/h4-14,18H,3,15-17H2,1-2H3. The second kappa shape index (κ2) is 9.06. The number of rotatable bonds is 7. The van der Waals surface area contributed by atoms with Crippen molar-refractivity contribution >= 4 is 28.8 Å². The Morgan fingerprint density at radius 2 is 1.71 bits per heavy atom. The van der Waals surface area contributed by atoms with Crippen molar-refractivity contribution in [2.24, 2.45) is 0 Å². The Morgan fingerprint density at radius 1 is 0.912 bits per heavy atom. The summed E-state index contributed by atoms with van der Waals surface area (Å²) in [5.74, 6) is 0.445. The van der Waals surface area contributed by atoms with E-state index in [4.69, 9.17) is 9.47 Å². The highest BCUT2D eigenvalue weighted by atomic mass is 16.5. The summed E-state index contributed by atoms with van der Waals surface area (Å²) in [5.41, 5.74) is 3.91. The Labute approximate surface area is 199 Å². The number of amides is 2. The molecule has 2 aliphatic heterocycles. The fourth-order valence-corrected chi connectivity index (χ4v) is 4.60. The summed E-state index contributed by atoms with van der Waals surface area (Å²) in [6, 6.07) is 22.5. The number of ether oxygens (including phenoxy) is 2. The SMILES string of the molecule is CCCOc1cccc(N2C(=O)C(c3ccccc3OC)=C(N3CCc4ccccc43)C2=O)c1. The number of carbonyl (C=O) groups excluding carboxylic acids is 2. The normalized spacial score (nSPS) is 15.2. The minimum absolute atomic E-state index is 0.346. The molecular formula is C28H26N2O4. The zero-order valence-corrected chi connectivity index (χ0v) is 19.3. The fraction of sp³-hybridized carbons (Fsp3) is 0.214. The molecule has 0 bridgehead atoms. The van der Waals surface area contributed by atoms with Crippen molar-refractivity contribution in [3.8, 4) is 11.5 Å². The number of fused-ring (bicyclic) bond motifs is 1. The first-order chi connectivity index (χ1) is 16.6. The van der Waals surface area contributed by atoms with Crippen LogP contribution < -0.4 is 19.3 Å². The van der Waals surface area contributed by atoms with Gasteiger partial charge in [-0.15, -0.1) is 0 Å². The van der Waals surface area contributed by atoms with E-state index in [-0.39, 0.29) is 11.8 Å². The van der Waals surface area contributed by atoms with Gasteiger partial charge in [-0.2, -0.15) is 0 Å². The van der Waals surface area contributed by atoms with Gasteiger partial charge in [0.1, 0.15) is 17.2 Å². The second-order valence-corrected chi connectivity index (χ2v) is 8.25. The monoisotopic (exact) mass is 454 g/mol. The molecule has 0 spiro atoms. The second-order valence-electron chi connectivity index (χ2n) is 8.25. The van der Waals surface area contributed by atoms with Gasteiger partial charge < -0.3 is 14.4 Å². The van der Waals surface area contributed by atoms with E-state index in [0.717, 1.165) is 24.1 Å². The van der Waals surface area contributed by atoms with Gasteiger partial charge in [-0.25, -0.2) is 4.90 Å². The summed E-state index contributed by atoms with van der Waals surface area (Å²) in [7, 11) is 1.57. The van der Waals surface area contributed by atoms with Crippen molar-refractivity contribution in [3.63, 3.8) is 0 Å². The number of nitrogens with zero attached hydrogens (tertiary/aromatic N) is 2. The summed E-state index contributed by atoms with van der Waals surface area (Å²) in [5, 5.41) is 0. The van der Waals surface area contributed by atoms with E-state index < -0.39 is 0 Å². The highest BCUT2D eigenvalue weighted by Gasteiger charge is 2.44. The number of hydrogen-bond donors (Lipinski definition) is 0. The van der Waals surface area contributed by atoms with Crippen molar-refractivity contribution in [1.29, 1.82) is 0 Å². The van der Waals surface area contributed by atoms with Crippen LogP contribution in [0, 0.1) is 0 Å². The smallest absolute Gasteiger partial charge is 0.282 e. The first kappa shape index (κ1) is 21.8. The predicted octanol–water partition coefficient (Wildman–Crippen LogP) is 4.83. The number of benzene rings is 3. The average molecular weight is 455 g/mol. The Bertz CT molecular complexity index is 1300. The minimum Gasteiger partial charge on any atom is -0.496 e. The molecule has 3 aromatic carbocycles. The zero-order valence-electron chi connectivity index (χ0n) is 19.3. The fourth-order valence-electron chi connectivity index (χ4n) is 4.60. The molecule has 0 aromatic heterocycles. The molecule has 2 aliphatic rings. The van der Waals surface area contributed by atoms with Gasteiger partial charge >= 0.3 is 0 Å². The largest absolute Gasteiger partial charge is 0.496 e. The molecule has 2 heterocycles. The van der Waals surface area contributed by atoms with E-state index in [1.165, 1.54) is 4.90 Å². The van der Waals surface area contributed by atoms with E-state index in [0.29, 0.717) is 47.2 Å². The van der Waals surface area contributed by atoms with Crippen molar-refractivity contribution in [1.82, 2.24) is 0 Å². The van der Waals surface area contributed by atoms with E-state index in [1.807, 2.05) is 54.3 Å². The lowest BCUT2D eigenvalue weighted by molar-refractivity contribution is -0.120. The van der Waals surface area contributed by atoms with Crippen LogP contribution in [0.25, 0.3) is 5.57 Å². The van der Waals surface area contributed by atoms with Crippen LogP contribution in [-0.4, -0.2) is 32.1 Å². The maximum absolute atomic E-state index is 13.9. The molecule has 2 amide bonds. The van der Waals surface area contributed by atoms with Crippen molar-refractivity contribution in [2.45, 2.75) is 19.8 Å². The van der Waals surface area contributed by atoms with Crippen LogP contribution in [0.5, 0.6) is 11.5 Å². The van der Waals surface area contributed by atoms with Crippen LogP contribution in [0.15, 0.2) is 78.5 Å². The predicted molar refractivity (Wildman–Crippen MR) is 132 cm³/mol. The molecule has 0 unspecified atom stereocenters. The van der Waals surface area contributed by atoms with E-state index in [2.05, 4.69) is 6.07 Å². The molecule has 5 rings (SSSR count). The van der Waals surface area contributed by atoms with Crippen molar-refractivity contribution in [2.75, 3.05) is 30.1 Å². The Hall–Kier alpha value is -4.06. The number of carbonyl (C=O) groups is 2. The molecule has 0 radical (unpaired) electrons. The molecule has 172 valence electrons. The van der Waals surface area contributed by atoms with Gasteiger partial charge in [0.05, 0.1) is 25.0 Å². The first-order valence-corrected chi connectivity index (χ1v) is 11.5. The molecule has 34 heavy (non-hydrogen) atoms. The van der Waals surface area contributed by atoms with Gasteiger partial charge in [0.15, 0.2) is 0 Å². The van der Waals surface area contributed by atoms with Crippen molar-refractivity contribution in [3.05, 3.63) is 89.6 Å². The lowest BCUT2D eigenvalue weighted by atomic mass is 10.0. The summed E-state index contributed by atoms with van der Waals surface area (Å²) >= 11 is 0. The third kappa shape index (κ3) is 3.61. The number of para-hydroxylation sites is 2. The van der Waals surface area contributed by atoms with E-state index in [1.54, 1.807) is 31.4 Å². The first-order valence-electron chi connectivity index (χ1n) is 11.5. The maximum atomic E-state index is 13.9. The summed E-state index contributed by atoms with van der Waals surface area (Å²) < 4.78 is 11.3. The van der Waals surface area contributed by atoms with Gasteiger partial charge in [-0.3, -0.25) is 9.59 Å². The summed E-state index contributed by atoms with van der Waals surface area (Å²) in [6.07, 6.45) is 1.67. The number of hydrogen-bond acceptors (Lipinski definition) is 5. The van der Waals surface area contributed by atoms with Crippen LogP contribution in [0.3, 0.4) is 0 Å². The van der Waals surface area contributed by atoms with Gasteiger partial charge in [-0.05, 0) is 42.7 Å². The van der Waals surface area contributed by atoms with Gasteiger partial charge in [0.25, 0.3) is 11.8 Å². The lowest BCUT2D eigenvalue weighted by Crippen LogP contribution is -2.34. The highest BCUT2D eigenvalue weighted by molar-refractivity contribution is 6.46. The minimum atomic E-state index is -0.374. The molecule has 6 nitrogen and oxygen atoms in total. The lowest BCUT2D eigenvalue weighted by Gasteiger charge is -2.22. The van der Waals surface area contributed by atoms with Gasteiger partial charge in [0, 0.05) is 23.9 Å². The molecule has 0 N–H and O–H groups in total. The molecule has 6 heteroatoms. The van der Waals surface area contributed by atoms with Crippen molar-refractivity contribution < 1.29 is 19.1 Å². The van der Waals surface area contributed by atoms with Crippen LogP contribution >= 0.6 is 0 Å². The number of methoxy groups -OCH3 is 1. The third-order valence-electron chi connectivity index (χ3n) is 6.14. The van der Waals surface area contributed by atoms with Crippen LogP contribution in [0.4, 0.5) is 11.4 Å². The number of imide groups is 1. The molecule has 0 aliphatic carbocycles. The topological polar surface area (TPSA) is 59.1 Å². The van der Waals surface area contributed by atoms with Gasteiger partial charge in [-0.1, -0.05) is 49.4 Å². The molecular weight excluding hydrogens is 428 g/mol. The summed E-state index contributed by atoms with van der Waals surface area (Å²) in [6.45, 7) is 3.21. The average Bonchev–Trinajstić information content (AvgIpc) is 3.40. The molecule has 0 atom stereocenters. The third-order valence-corrected chi connectivity index (χ3v) is 6.14. The Morgan fingerprint density at radius 3 is 2.53 bits per heavy atom. The van der Waals surface area contributed by atoms with Crippen LogP contribution in [0.1, 0.15) is 24.5 Å². The van der Waals surface area contributed by atoms with E-state index in [9.17, 15) is 9.59 Å². The van der Waals surface area contributed by atoms with Crippen LogP contribution in [0.2, 0.25) is 0 Å². The number of anilines is 2. The summed E-state index contributed by atoms with van der Waals surface area (Å²) in [4.78, 5) is 31.1. The van der Waals surface area contributed by atoms with Crippen LogP contribution in [-0.2, 0) is 16.0 Å². The molecule has 3 aromatic rings. The Kier molecular flexibility index (Phi) is 5.80. The molecule has 0 fully saturated rings. The Balaban J connectivity index is 1.65. The maximum Gasteiger partial charge on any atom is 0.282 e. The highest BCUT2D eigenvalue weighted by Crippen LogP contribution is 2.42. The molecule has 0 saturated carbocycles. The van der Waals surface area contributed by atoms with E-state index >= 15 is 0 Å². The zero-order chi connectivity index (χ0) is 23.7. The quantitative estimate of drug-likeness (QED) is 0.479.